The number of aryl methyl sites for hydroxylation is 1. The minimum Gasteiger partial charge on any atom is -0.378 e. The van der Waals surface area contributed by atoms with Crippen LogP contribution in [-0.2, 0) is 4.74 Å². The van der Waals surface area contributed by atoms with E-state index in [1.807, 2.05) is 6.92 Å². The molecule has 94 valence electrons. The molecule has 0 bridgehead atoms. The van der Waals surface area contributed by atoms with Crippen LogP contribution in [0, 0.1) is 6.92 Å². The molecule has 0 radical (unpaired) electrons. The van der Waals surface area contributed by atoms with Gasteiger partial charge in [-0.15, -0.1) is 0 Å². The van der Waals surface area contributed by atoms with E-state index in [-0.39, 0.29) is 0 Å². The van der Waals surface area contributed by atoms with E-state index < -0.39 is 0 Å². The van der Waals surface area contributed by atoms with Crippen molar-refractivity contribution in [2.45, 2.75) is 31.2 Å². The van der Waals surface area contributed by atoms with Crippen LogP contribution in [0.1, 0.15) is 19.5 Å². The number of aromatic nitrogens is 2. The zero-order valence-corrected chi connectivity index (χ0v) is 11.5. The lowest BCUT2D eigenvalue weighted by molar-refractivity contribution is 0.122. The number of hydrogen-bond donors (Lipinski definition) is 0. The summed E-state index contributed by atoms with van der Waals surface area (Å²) in [5, 5.41) is 1.39. The summed E-state index contributed by atoms with van der Waals surface area (Å²) in [6.45, 7) is 9.75. The summed E-state index contributed by atoms with van der Waals surface area (Å²) in [7, 11) is 0. The predicted octanol–water partition coefficient (Wildman–Crippen LogP) is 2.12. The predicted molar refractivity (Wildman–Crippen MR) is 70.8 cm³/mol. The molecule has 1 aromatic rings. The smallest absolute Gasteiger partial charge is 0.189 e. The highest BCUT2D eigenvalue weighted by Crippen LogP contribution is 2.22. The quantitative estimate of drug-likeness (QED) is 0.609. The topological polar surface area (TPSA) is 38.2 Å². The highest BCUT2D eigenvalue weighted by molar-refractivity contribution is 7.99. The van der Waals surface area contributed by atoms with Crippen LogP contribution in [0.2, 0.25) is 0 Å². The Morgan fingerprint density at radius 1 is 1.29 bits per heavy atom. The third kappa shape index (κ3) is 3.57. The van der Waals surface area contributed by atoms with Crippen molar-refractivity contribution in [3.63, 3.8) is 0 Å². The molecule has 1 aliphatic heterocycles. The van der Waals surface area contributed by atoms with Gasteiger partial charge in [0.05, 0.1) is 13.2 Å². The van der Waals surface area contributed by atoms with Crippen molar-refractivity contribution < 1.29 is 4.74 Å². The molecular formula is C12H19N3OS. The molecule has 2 rings (SSSR count). The zero-order valence-electron chi connectivity index (χ0n) is 10.6. The van der Waals surface area contributed by atoms with Gasteiger partial charge in [0.1, 0.15) is 5.82 Å². The molecule has 1 fully saturated rings. The number of ether oxygens (including phenoxy) is 1. The number of rotatable bonds is 3. The summed E-state index contributed by atoms with van der Waals surface area (Å²) in [5.74, 6) is 1.03. The van der Waals surface area contributed by atoms with Crippen molar-refractivity contribution in [2.24, 2.45) is 0 Å². The van der Waals surface area contributed by atoms with Gasteiger partial charge in [0.15, 0.2) is 5.16 Å². The molecule has 17 heavy (non-hydrogen) atoms. The van der Waals surface area contributed by atoms with Crippen LogP contribution in [-0.4, -0.2) is 41.5 Å². The first-order valence-corrected chi connectivity index (χ1v) is 6.88. The van der Waals surface area contributed by atoms with E-state index in [2.05, 4.69) is 34.8 Å². The molecule has 5 heteroatoms. The fourth-order valence-electron chi connectivity index (χ4n) is 1.74. The summed E-state index contributed by atoms with van der Waals surface area (Å²) in [6, 6.07) is 2.05. The standard InChI is InChI=1S/C12H19N3OS/c1-9(2)17-12-13-10(3)8-11(14-12)15-4-6-16-7-5-15/h8-9H,4-7H2,1-3H3. The molecule has 0 N–H and O–H groups in total. The Bertz CT molecular complexity index is 378. The van der Waals surface area contributed by atoms with Gasteiger partial charge >= 0.3 is 0 Å². The molecule has 0 spiro atoms. The molecule has 0 aromatic carbocycles. The second kappa shape index (κ2) is 5.69. The average Bonchev–Trinajstić information content (AvgIpc) is 2.28. The lowest BCUT2D eigenvalue weighted by Gasteiger charge is -2.28. The lowest BCUT2D eigenvalue weighted by Crippen LogP contribution is -2.36. The maximum absolute atomic E-state index is 5.36. The van der Waals surface area contributed by atoms with Crippen LogP contribution >= 0.6 is 11.8 Å². The summed E-state index contributed by atoms with van der Waals surface area (Å²) < 4.78 is 5.36. The Hall–Kier alpha value is -0.810. The van der Waals surface area contributed by atoms with E-state index in [1.54, 1.807) is 11.8 Å². The van der Waals surface area contributed by atoms with Gasteiger partial charge in [0.25, 0.3) is 0 Å². The van der Waals surface area contributed by atoms with Crippen molar-refractivity contribution >= 4 is 17.6 Å². The van der Waals surface area contributed by atoms with E-state index in [0.29, 0.717) is 5.25 Å². The Kier molecular flexibility index (Phi) is 4.23. The number of thioether (sulfide) groups is 1. The van der Waals surface area contributed by atoms with Gasteiger partial charge in [0.2, 0.25) is 0 Å². The van der Waals surface area contributed by atoms with Crippen LogP contribution in [0.15, 0.2) is 11.2 Å². The zero-order chi connectivity index (χ0) is 12.3. The lowest BCUT2D eigenvalue weighted by atomic mass is 10.3. The van der Waals surface area contributed by atoms with Crippen molar-refractivity contribution in [3.05, 3.63) is 11.8 Å². The van der Waals surface area contributed by atoms with E-state index in [1.165, 1.54) is 0 Å². The maximum atomic E-state index is 5.36. The van der Waals surface area contributed by atoms with Crippen LogP contribution < -0.4 is 4.90 Å². The first-order valence-electron chi connectivity index (χ1n) is 6.00. The van der Waals surface area contributed by atoms with Crippen molar-refractivity contribution in [3.8, 4) is 0 Å². The van der Waals surface area contributed by atoms with Crippen LogP contribution in [0.4, 0.5) is 5.82 Å². The molecule has 0 saturated carbocycles. The van der Waals surface area contributed by atoms with E-state index in [9.17, 15) is 0 Å². The fourth-order valence-corrected chi connectivity index (χ4v) is 2.51. The van der Waals surface area contributed by atoms with E-state index in [0.717, 1.165) is 43.0 Å². The third-order valence-electron chi connectivity index (χ3n) is 2.50. The van der Waals surface area contributed by atoms with E-state index in [4.69, 9.17) is 4.74 Å². The normalized spacial score (nSPS) is 16.6. The first kappa shape index (κ1) is 12.6. The summed E-state index contributed by atoms with van der Waals surface area (Å²) >= 11 is 1.71. The molecule has 1 saturated heterocycles. The van der Waals surface area contributed by atoms with Gasteiger partial charge in [-0.2, -0.15) is 0 Å². The number of hydrogen-bond acceptors (Lipinski definition) is 5. The highest BCUT2D eigenvalue weighted by Gasteiger charge is 2.14. The van der Waals surface area contributed by atoms with E-state index >= 15 is 0 Å². The highest BCUT2D eigenvalue weighted by atomic mass is 32.2. The fraction of sp³-hybridized carbons (Fsp3) is 0.667. The number of nitrogens with zero attached hydrogens (tertiary/aromatic N) is 3. The monoisotopic (exact) mass is 253 g/mol. The first-order chi connectivity index (χ1) is 8.15. The summed E-state index contributed by atoms with van der Waals surface area (Å²) in [4.78, 5) is 11.3. The van der Waals surface area contributed by atoms with Crippen molar-refractivity contribution in [2.75, 3.05) is 31.2 Å². The molecule has 1 aromatic heterocycles. The van der Waals surface area contributed by atoms with Crippen LogP contribution in [0.25, 0.3) is 0 Å². The summed E-state index contributed by atoms with van der Waals surface area (Å²) in [5.41, 5.74) is 1.03. The second-order valence-corrected chi connectivity index (χ2v) is 5.96. The largest absolute Gasteiger partial charge is 0.378 e. The van der Waals surface area contributed by atoms with Gasteiger partial charge in [0, 0.05) is 30.1 Å². The van der Waals surface area contributed by atoms with Crippen LogP contribution in [0.5, 0.6) is 0 Å². The minimum absolute atomic E-state index is 0.509. The Labute approximate surface area is 107 Å². The summed E-state index contributed by atoms with van der Waals surface area (Å²) in [6.07, 6.45) is 0. The van der Waals surface area contributed by atoms with Gasteiger partial charge in [-0.25, -0.2) is 9.97 Å². The molecule has 0 unspecified atom stereocenters. The third-order valence-corrected chi connectivity index (χ3v) is 3.36. The maximum Gasteiger partial charge on any atom is 0.189 e. The SMILES string of the molecule is Cc1cc(N2CCOCC2)nc(SC(C)C)n1. The molecule has 0 amide bonds. The Morgan fingerprint density at radius 2 is 2.00 bits per heavy atom. The molecule has 0 aliphatic carbocycles. The Morgan fingerprint density at radius 3 is 2.65 bits per heavy atom. The van der Waals surface area contributed by atoms with Crippen LogP contribution in [0.3, 0.4) is 0 Å². The average molecular weight is 253 g/mol. The van der Waals surface area contributed by atoms with Gasteiger partial charge in [-0.1, -0.05) is 25.6 Å². The number of anilines is 1. The van der Waals surface area contributed by atoms with Crippen molar-refractivity contribution in [1.29, 1.82) is 0 Å². The number of morpholine rings is 1. The van der Waals surface area contributed by atoms with Gasteiger partial charge in [-0.05, 0) is 6.92 Å². The molecule has 2 heterocycles. The Balaban J connectivity index is 2.18. The van der Waals surface area contributed by atoms with Gasteiger partial charge in [-0.3, -0.25) is 0 Å². The molecule has 4 nitrogen and oxygen atoms in total. The second-order valence-electron chi connectivity index (χ2n) is 4.42. The minimum atomic E-state index is 0.509. The van der Waals surface area contributed by atoms with Gasteiger partial charge < -0.3 is 9.64 Å². The molecular weight excluding hydrogens is 234 g/mol. The molecule has 0 atom stereocenters. The molecule has 1 aliphatic rings. The van der Waals surface area contributed by atoms with Crippen molar-refractivity contribution in [1.82, 2.24) is 9.97 Å².